The van der Waals surface area contributed by atoms with Crippen LogP contribution in [0.1, 0.15) is 30.3 Å². The molecule has 80 valence electrons. The van der Waals surface area contributed by atoms with Crippen molar-refractivity contribution in [3.05, 3.63) is 21.9 Å². The molecule has 0 amide bonds. The van der Waals surface area contributed by atoms with E-state index in [1.165, 1.54) is 10.4 Å². The zero-order valence-electron chi connectivity index (χ0n) is 8.91. The normalized spacial score (nSPS) is 13.5. The van der Waals surface area contributed by atoms with E-state index in [0.717, 1.165) is 0 Å². The maximum atomic E-state index is 5.54. The first-order valence-electron chi connectivity index (χ1n) is 4.77. The molecular weight excluding hydrogens is 196 g/mol. The summed E-state index contributed by atoms with van der Waals surface area (Å²) in [5.74, 6) is 5.50. The molecule has 3 N–H and O–H groups in total. The Labute approximate surface area is 89.2 Å². The van der Waals surface area contributed by atoms with Gasteiger partial charge in [0.25, 0.3) is 0 Å². The van der Waals surface area contributed by atoms with Crippen LogP contribution >= 0.6 is 11.3 Å². The number of hydrogen-bond donors (Lipinski definition) is 2. The summed E-state index contributed by atoms with van der Waals surface area (Å²) in [6.07, 6.45) is 0.242. The minimum absolute atomic E-state index is 0.109. The fourth-order valence-corrected chi connectivity index (χ4v) is 2.20. The monoisotopic (exact) mass is 214 g/mol. The van der Waals surface area contributed by atoms with Gasteiger partial charge in [-0.2, -0.15) is 0 Å². The summed E-state index contributed by atoms with van der Waals surface area (Å²) in [6, 6.07) is 2.21. The smallest absolute Gasteiger partial charge is 0.0789 e. The molecule has 1 unspecified atom stereocenters. The maximum Gasteiger partial charge on any atom is 0.0789 e. The van der Waals surface area contributed by atoms with Crippen molar-refractivity contribution in [3.8, 4) is 0 Å². The van der Waals surface area contributed by atoms with E-state index in [2.05, 4.69) is 23.8 Å². The fourth-order valence-electron chi connectivity index (χ4n) is 1.23. The van der Waals surface area contributed by atoms with Gasteiger partial charge in [-0.15, -0.1) is 11.3 Å². The lowest BCUT2D eigenvalue weighted by Crippen LogP contribution is -2.32. The van der Waals surface area contributed by atoms with E-state index >= 15 is 0 Å². The van der Waals surface area contributed by atoms with Gasteiger partial charge in [-0.3, -0.25) is 5.84 Å². The van der Waals surface area contributed by atoms with Gasteiger partial charge in [0.1, 0.15) is 0 Å². The van der Waals surface area contributed by atoms with E-state index in [0.29, 0.717) is 6.61 Å². The molecule has 1 aromatic heterocycles. The van der Waals surface area contributed by atoms with E-state index in [1.807, 2.05) is 13.8 Å². The molecule has 14 heavy (non-hydrogen) atoms. The Bertz CT molecular complexity index is 273. The molecule has 0 aromatic carbocycles. The van der Waals surface area contributed by atoms with Gasteiger partial charge in [0.2, 0.25) is 0 Å². The second kappa shape index (κ2) is 5.46. The molecule has 0 spiro atoms. The molecule has 0 aliphatic carbocycles. The van der Waals surface area contributed by atoms with Crippen molar-refractivity contribution in [1.29, 1.82) is 0 Å². The van der Waals surface area contributed by atoms with Crippen LogP contribution in [-0.4, -0.2) is 12.7 Å². The van der Waals surface area contributed by atoms with Crippen molar-refractivity contribution in [3.63, 3.8) is 0 Å². The molecule has 1 aromatic rings. The number of rotatable bonds is 5. The average molecular weight is 214 g/mol. The van der Waals surface area contributed by atoms with Crippen LogP contribution < -0.4 is 11.3 Å². The van der Waals surface area contributed by atoms with Crippen molar-refractivity contribution in [2.45, 2.75) is 32.9 Å². The molecule has 3 nitrogen and oxygen atoms in total. The molecule has 1 heterocycles. The van der Waals surface area contributed by atoms with Gasteiger partial charge in [0.05, 0.1) is 18.8 Å². The van der Waals surface area contributed by atoms with Crippen molar-refractivity contribution in [2.24, 2.45) is 5.84 Å². The number of ether oxygens (including phenoxy) is 1. The molecule has 1 rings (SSSR count). The first kappa shape index (κ1) is 11.7. The molecule has 0 radical (unpaired) electrons. The molecular formula is C10H18N2OS. The topological polar surface area (TPSA) is 47.3 Å². The lowest BCUT2D eigenvalue weighted by Gasteiger charge is -2.17. The van der Waals surface area contributed by atoms with E-state index in [-0.39, 0.29) is 12.1 Å². The van der Waals surface area contributed by atoms with E-state index < -0.39 is 0 Å². The number of hydrazine groups is 1. The van der Waals surface area contributed by atoms with Crippen molar-refractivity contribution in [2.75, 3.05) is 6.61 Å². The van der Waals surface area contributed by atoms with Gasteiger partial charge in [-0.25, -0.2) is 5.43 Å². The minimum atomic E-state index is 0.109. The van der Waals surface area contributed by atoms with Crippen LogP contribution in [0.2, 0.25) is 0 Å². The molecule has 0 fully saturated rings. The van der Waals surface area contributed by atoms with Crippen molar-refractivity contribution >= 4 is 11.3 Å². The second-order valence-corrected chi connectivity index (χ2v) is 4.52. The second-order valence-electron chi connectivity index (χ2n) is 3.57. The molecule has 1 atom stereocenters. The Kier molecular flexibility index (Phi) is 4.54. The molecule has 0 bridgehead atoms. The summed E-state index contributed by atoms with van der Waals surface area (Å²) in [6.45, 7) is 6.75. The Balaban J connectivity index is 2.58. The van der Waals surface area contributed by atoms with Crippen LogP contribution in [0.4, 0.5) is 0 Å². The SMILES string of the molecule is Cc1ccsc1C(COC(C)C)NN. The van der Waals surface area contributed by atoms with E-state index in [9.17, 15) is 0 Å². The quantitative estimate of drug-likeness (QED) is 0.582. The molecule has 0 saturated heterocycles. The third kappa shape index (κ3) is 3.06. The van der Waals surface area contributed by atoms with Gasteiger partial charge in [-0.05, 0) is 37.8 Å². The predicted molar refractivity (Wildman–Crippen MR) is 60.2 cm³/mol. The highest BCUT2D eigenvalue weighted by molar-refractivity contribution is 7.10. The van der Waals surface area contributed by atoms with Crippen LogP contribution in [0.25, 0.3) is 0 Å². The first-order chi connectivity index (χ1) is 6.65. The van der Waals surface area contributed by atoms with Crippen LogP contribution in [-0.2, 0) is 4.74 Å². The van der Waals surface area contributed by atoms with Crippen molar-refractivity contribution < 1.29 is 4.74 Å². The minimum Gasteiger partial charge on any atom is -0.377 e. The Morgan fingerprint density at radius 3 is 2.71 bits per heavy atom. The largest absolute Gasteiger partial charge is 0.377 e. The maximum absolute atomic E-state index is 5.54. The standard InChI is InChI=1S/C10H18N2OS/c1-7(2)13-6-9(12-11)10-8(3)4-5-14-10/h4-5,7,9,12H,6,11H2,1-3H3. The van der Waals surface area contributed by atoms with Gasteiger partial charge in [-0.1, -0.05) is 0 Å². The number of thiophene rings is 1. The van der Waals surface area contributed by atoms with Crippen LogP contribution in [0.15, 0.2) is 11.4 Å². The number of nitrogens with two attached hydrogens (primary N) is 1. The lowest BCUT2D eigenvalue weighted by atomic mass is 10.2. The Hall–Kier alpha value is -0.420. The molecule has 4 heteroatoms. The van der Waals surface area contributed by atoms with Gasteiger partial charge >= 0.3 is 0 Å². The van der Waals surface area contributed by atoms with Crippen molar-refractivity contribution in [1.82, 2.24) is 5.43 Å². The zero-order chi connectivity index (χ0) is 10.6. The van der Waals surface area contributed by atoms with Crippen LogP contribution in [0, 0.1) is 6.92 Å². The van der Waals surface area contributed by atoms with E-state index in [1.54, 1.807) is 11.3 Å². The van der Waals surface area contributed by atoms with Crippen LogP contribution in [0.5, 0.6) is 0 Å². The fraction of sp³-hybridized carbons (Fsp3) is 0.600. The summed E-state index contributed by atoms with van der Waals surface area (Å²) in [5, 5.41) is 2.07. The third-order valence-corrected chi connectivity index (χ3v) is 3.15. The average Bonchev–Trinajstić information content (AvgIpc) is 2.53. The third-order valence-electron chi connectivity index (χ3n) is 2.02. The lowest BCUT2D eigenvalue weighted by molar-refractivity contribution is 0.0617. The first-order valence-corrected chi connectivity index (χ1v) is 5.64. The predicted octanol–water partition coefficient (Wildman–Crippen LogP) is 1.99. The highest BCUT2D eigenvalue weighted by atomic mass is 32.1. The number of aryl methyl sites for hydroxylation is 1. The summed E-state index contributed by atoms with van der Waals surface area (Å²) >= 11 is 1.71. The zero-order valence-corrected chi connectivity index (χ0v) is 9.73. The molecule has 0 saturated carbocycles. The molecule has 0 aliphatic heterocycles. The highest BCUT2D eigenvalue weighted by Crippen LogP contribution is 2.23. The molecule has 0 aliphatic rings. The highest BCUT2D eigenvalue weighted by Gasteiger charge is 2.14. The van der Waals surface area contributed by atoms with Gasteiger partial charge < -0.3 is 4.74 Å². The van der Waals surface area contributed by atoms with Gasteiger partial charge in [0.15, 0.2) is 0 Å². The summed E-state index contributed by atoms with van der Waals surface area (Å²) in [5.41, 5.74) is 4.05. The number of nitrogens with one attached hydrogen (secondary N) is 1. The summed E-state index contributed by atoms with van der Waals surface area (Å²) in [7, 11) is 0. The Morgan fingerprint density at radius 1 is 1.57 bits per heavy atom. The van der Waals surface area contributed by atoms with E-state index in [4.69, 9.17) is 10.6 Å². The Morgan fingerprint density at radius 2 is 2.29 bits per heavy atom. The number of hydrogen-bond acceptors (Lipinski definition) is 4. The van der Waals surface area contributed by atoms with Gasteiger partial charge in [0, 0.05) is 4.88 Å². The summed E-state index contributed by atoms with van der Waals surface area (Å²) < 4.78 is 5.54. The van der Waals surface area contributed by atoms with Crippen LogP contribution in [0.3, 0.4) is 0 Å². The summed E-state index contributed by atoms with van der Waals surface area (Å²) in [4.78, 5) is 1.26.